The molecule has 0 unspecified atom stereocenters. The van der Waals surface area contributed by atoms with Crippen LogP contribution in [0, 0.1) is 0 Å². The molecule has 2 aromatic rings. The molecule has 3 rings (SSSR count). The molecular weight excluding hydrogens is 344 g/mol. The van der Waals surface area contributed by atoms with Crippen molar-refractivity contribution in [1.29, 1.82) is 0 Å². The van der Waals surface area contributed by atoms with Gasteiger partial charge in [0.15, 0.2) is 5.17 Å². The topological polar surface area (TPSA) is 50.7 Å². The van der Waals surface area contributed by atoms with Gasteiger partial charge in [-0.25, -0.2) is 4.99 Å². The van der Waals surface area contributed by atoms with Gasteiger partial charge in [0.1, 0.15) is 12.4 Å². The molecule has 0 aliphatic carbocycles. The SMILES string of the molecule is C=CCOc1ccc(/C=C2\SC(=Nc3ccccc3CC)NC2=O)cc1. The Morgan fingerprint density at radius 1 is 1.19 bits per heavy atom. The number of thioether (sulfide) groups is 1. The van der Waals surface area contributed by atoms with E-state index in [2.05, 4.69) is 23.8 Å². The fraction of sp³-hybridized carbons (Fsp3) is 0.143. The molecule has 1 fully saturated rings. The molecule has 1 N–H and O–H groups in total. The van der Waals surface area contributed by atoms with Crippen LogP contribution in [0.15, 0.2) is 71.1 Å². The van der Waals surface area contributed by atoms with Crippen molar-refractivity contribution in [2.75, 3.05) is 6.61 Å². The molecule has 2 aromatic carbocycles. The van der Waals surface area contributed by atoms with Gasteiger partial charge in [-0.15, -0.1) is 0 Å². The van der Waals surface area contributed by atoms with E-state index in [1.54, 1.807) is 6.08 Å². The number of nitrogens with one attached hydrogen (secondary N) is 1. The van der Waals surface area contributed by atoms with E-state index in [0.717, 1.165) is 29.0 Å². The summed E-state index contributed by atoms with van der Waals surface area (Å²) in [6.45, 7) is 6.19. The number of benzene rings is 2. The average molecular weight is 364 g/mol. The largest absolute Gasteiger partial charge is 0.490 e. The molecular formula is C21H20N2O2S. The van der Waals surface area contributed by atoms with E-state index < -0.39 is 0 Å². The lowest BCUT2D eigenvalue weighted by Crippen LogP contribution is -2.19. The predicted octanol–water partition coefficient (Wildman–Crippen LogP) is 4.71. The minimum Gasteiger partial charge on any atom is -0.490 e. The number of para-hydroxylation sites is 1. The maximum atomic E-state index is 12.2. The molecule has 1 aliphatic rings. The van der Waals surface area contributed by atoms with Gasteiger partial charge in [0, 0.05) is 0 Å². The van der Waals surface area contributed by atoms with E-state index in [-0.39, 0.29) is 5.91 Å². The van der Waals surface area contributed by atoms with Crippen LogP contribution in [-0.2, 0) is 11.2 Å². The monoisotopic (exact) mass is 364 g/mol. The molecule has 5 heteroatoms. The number of hydrogen-bond donors (Lipinski definition) is 1. The molecule has 4 nitrogen and oxygen atoms in total. The Morgan fingerprint density at radius 3 is 2.69 bits per heavy atom. The van der Waals surface area contributed by atoms with Gasteiger partial charge in [-0.1, -0.05) is 49.9 Å². The van der Waals surface area contributed by atoms with Crippen LogP contribution in [0.2, 0.25) is 0 Å². The van der Waals surface area contributed by atoms with Gasteiger partial charge in [-0.3, -0.25) is 4.79 Å². The summed E-state index contributed by atoms with van der Waals surface area (Å²) in [5.74, 6) is 0.642. The lowest BCUT2D eigenvalue weighted by Gasteiger charge is -2.03. The quantitative estimate of drug-likeness (QED) is 0.597. The maximum absolute atomic E-state index is 12.2. The summed E-state index contributed by atoms with van der Waals surface area (Å²) in [4.78, 5) is 17.4. The Labute approximate surface area is 157 Å². The number of carbonyl (C=O) groups excluding carboxylic acids is 1. The van der Waals surface area contributed by atoms with Crippen LogP contribution in [0.25, 0.3) is 6.08 Å². The zero-order valence-electron chi connectivity index (χ0n) is 14.6. The number of aryl methyl sites for hydroxylation is 1. The highest BCUT2D eigenvalue weighted by molar-refractivity contribution is 8.18. The first kappa shape index (κ1) is 18.0. The number of ether oxygens (including phenoxy) is 1. The minimum absolute atomic E-state index is 0.130. The van der Waals surface area contributed by atoms with E-state index in [9.17, 15) is 4.79 Å². The molecule has 26 heavy (non-hydrogen) atoms. The number of hydrogen-bond acceptors (Lipinski definition) is 4. The van der Waals surface area contributed by atoms with Crippen molar-refractivity contribution < 1.29 is 9.53 Å². The van der Waals surface area contributed by atoms with Crippen molar-refractivity contribution in [3.05, 3.63) is 77.2 Å². The summed E-state index contributed by atoms with van der Waals surface area (Å²) in [5.41, 5.74) is 2.98. The molecule has 0 saturated carbocycles. The highest BCUT2D eigenvalue weighted by atomic mass is 32.2. The molecule has 1 heterocycles. The number of rotatable bonds is 6. The fourth-order valence-electron chi connectivity index (χ4n) is 2.48. The smallest absolute Gasteiger partial charge is 0.264 e. The Hall–Kier alpha value is -2.79. The Balaban J connectivity index is 1.76. The van der Waals surface area contributed by atoms with Crippen LogP contribution in [0.4, 0.5) is 5.69 Å². The van der Waals surface area contributed by atoms with Crippen molar-refractivity contribution in [3.63, 3.8) is 0 Å². The molecule has 0 bridgehead atoms. The second-order valence-electron chi connectivity index (χ2n) is 5.63. The second kappa shape index (κ2) is 8.54. The third-order valence-corrected chi connectivity index (χ3v) is 4.70. The minimum atomic E-state index is -0.130. The average Bonchev–Trinajstić information content (AvgIpc) is 3.00. The molecule has 0 radical (unpaired) electrons. The maximum Gasteiger partial charge on any atom is 0.264 e. The first-order chi connectivity index (χ1) is 12.7. The summed E-state index contributed by atoms with van der Waals surface area (Å²) in [5, 5.41) is 3.44. The van der Waals surface area contributed by atoms with E-state index in [4.69, 9.17) is 4.74 Å². The van der Waals surface area contributed by atoms with E-state index in [0.29, 0.717) is 16.7 Å². The molecule has 0 aromatic heterocycles. The van der Waals surface area contributed by atoms with Crippen molar-refractivity contribution >= 4 is 34.6 Å². The zero-order chi connectivity index (χ0) is 18.4. The predicted molar refractivity (Wildman–Crippen MR) is 109 cm³/mol. The summed E-state index contributed by atoms with van der Waals surface area (Å²) in [7, 11) is 0. The Bertz CT molecular complexity index is 870. The highest BCUT2D eigenvalue weighted by Crippen LogP contribution is 2.29. The summed E-state index contributed by atoms with van der Waals surface area (Å²) < 4.78 is 5.46. The number of nitrogens with zero attached hydrogens (tertiary/aromatic N) is 1. The van der Waals surface area contributed by atoms with Gasteiger partial charge in [0.25, 0.3) is 5.91 Å². The van der Waals surface area contributed by atoms with Gasteiger partial charge in [-0.2, -0.15) is 0 Å². The van der Waals surface area contributed by atoms with E-state index >= 15 is 0 Å². The van der Waals surface area contributed by atoms with Crippen LogP contribution >= 0.6 is 11.8 Å². The zero-order valence-corrected chi connectivity index (χ0v) is 15.4. The van der Waals surface area contributed by atoms with Crippen LogP contribution in [-0.4, -0.2) is 17.7 Å². The van der Waals surface area contributed by atoms with Gasteiger partial charge in [-0.05, 0) is 53.6 Å². The number of amidine groups is 1. The number of aliphatic imine (C=N–C) groups is 1. The van der Waals surface area contributed by atoms with Crippen LogP contribution in [0.1, 0.15) is 18.1 Å². The van der Waals surface area contributed by atoms with Crippen molar-refractivity contribution in [2.45, 2.75) is 13.3 Å². The standard InChI is InChI=1S/C21H20N2O2S/c1-3-13-25-17-11-9-15(10-12-17)14-19-20(24)23-21(26-19)22-18-8-6-5-7-16(18)4-2/h3,5-12,14H,1,4,13H2,2H3,(H,22,23,24)/b19-14-. The molecule has 1 aliphatic heterocycles. The third-order valence-electron chi connectivity index (χ3n) is 3.79. The number of amides is 1. The summed E-state index contributed by atoms with van der Waals surface area (Å²) in [6, 6.07) is 15.5. The van der Waals surface area contributed by atoms with Gasteiger partial charge in [0.05, 0.1) is 10.6 Å². The molecule has 0 atom stereocenters. The van der Waals surface area contributed by atoms with Gasteiger partial charge < -0.3 is 10.1 Å². The Morgan fingerprint density at radius 2 is 1.96 bits per heavy atom. The summed E-state index contributed by atoms with van der Waals surface area (Å²) in [6.07, 6.45) is 4.45. The molecule has 1 saturated heterocycles. The summed E-state index contributed by atoms with van der Waals surface area (Å²) >= 11 is 1.35. The van der Waals surface area contributed by atoms with Gasteiger partial charge >= 0.3 is 0 Å². The highest BCUT2D eigenvalue weighted by Gasteiger charge is 2.24. The van der Waals surface area contributed by atoms with Crippen molar-refractivity contribution in [2.24, 2.45) is 4.99 Å². The van der Waals surface area contributed by atoms with E-state index in [1.807, 2.05) is 54.6 Å². The van der Waals surface area contributed by atoms with Crippen molar-refractivity contribution in [3.8, 4) is 5.75 Å². The normalized spacial score (nSPS) is 16.7. The molecule has 132 valence electrons. The van der Waals surface area contributed by atoms with Crippen LogP contribution in [0.5, 0.6) is 5.75 Å². The molecule has 1 amide bonds. The first-order valence-electron chi connectivity index (χ1n) is 8.41. The van der Waals surface area contributed by atoms with E-state index in [1.165, 1.54) is 11.8 Å². The lowest BCUT2D eigenvalue weighted by molar-refractivity contribution is -0.115. The lowest BCUT2D eigenvalue weighted by atomic mass is 10.1. The fourth-order valence-corrected chi connectivity index (χ4v) is 3.31. The molecule has 0 spiro atoms. The van der Waals surface area contributed by atoms with Crippen LogP contribution < -0.4 is 10.1 Å². The van der Waals surface area contributed by atoms with Crippen LogP contribution in [0.3, 0.4) is 0 Å². The second-order valence-corrected chi connectivity index (χ2v) is 6.66. The third kappa shape index (κ3) is 4.43. The van der Waals surface area contributed by atoms with Gasteiger partial charge in [0.2, 0.25) is 0 Å². The number of carbonyl (C=O) groups is 1. The first-order valence-corrected chi connectivity index (χ1v) is 9.22. The Kier molecular flexibility index (Phi) is 5.92. The van der Waals surface area contributed by atoms with Crippen molar-refractivity contribution in [1.82, 2.24) is 5.32 Å².